The van der Waals surface area contributed by atoms with Gasteiger partial charge in [0.25, 0.3) is 0 Å². The molecular weight excluding hydrogens is 484 g/mol. The van der Waals surface area contributed by atoms with Crippen molar-refractivity contribution >= 4 is 30.0 Å². The van der Waals surface area contributed by atoms with Gasteiger partial charge in [-0.2, -0.15) is 0 Å². The summed E-state index contributed by atoms with van der Waals surface area (Å²) in [5, 5.41) is 9.79. The van der Waals surface area contributed by atoms with Crippen molar-refractivity contribution in [3.05, 3.63) is 41.0 Å². The van der Waals surface area contributed by atoms with Crippen molar-refractivity contribution in [1.29, 1.82) is 0 Å². The molecule has 5 atom stereocenters. The van der Waals surface area contributed by atoms with Crippen LogP contribution in [-0.4, -0.2) is 66.1 Å². The molecule has 37 heavy (non-hydrogen) atoms. The largest absolute Gasteiger partial charge is 0.463 e. The lowest BCUT2D eigenvalue weighted by molar-refractivity contribution is -0.254. The van der Waals surface area contributed by atoms with Crippen LogP contribution >= 0.6 is 0 Å². The van der Waals surface area contributed by atoms with Crippen molar-refractivity contribution in [1.82, 2.24) is 0 Å². The van der Waals surface area contributed by atoms with Gasteiger partial charge in [0.2, 0.25) is 0 Å². The number of benzene rings is 1. The predicted octanol–water partition coefficient (Wildman–Crippen LogP) is 2.80. The number of aliphatic hydroxyl groups excluding tert-OH is 1. The molecule has 10 heteroatoms. The fourth-order valence-corrected chi connectivity index (χ4v) is 4.68. The van der Waals surface area contributed by atoms with Crippen LogP contribution in [0, 0.1) is 0 Å². The number of aliphatic hydroxyl groups is 1. The van der Waals surface area contributed by atoms with Crippen LogP contribution in [0.25, 0.3) is 6.08 Å². The number of rotatable bonds is 7. The van der Waals surface area contributed by atoms with Gasteiger partial charge in [-0.25, -0.2) is 0 Å². The van der Waals surface area contributed by atoms with E-state index in [1.807, 2.05) is 18.2 Å². The zero-order valence-electron chi connectivity index (χ0n) is 21.5. The van der Waals surface area contributed by atoms with Gasteiger partial charge < -0.3 is 28.8 Å². The first kappa shape index (κ1) is 28.3. The van der Waals surface area contributed by atoms with E-state index < -0.39 is 54.4 Å². The highest BCUT2D eigenvalue weighted by Crippen LogP contribution is 2.38. The third-order valence-electron chi connectivity index (χ3n) is 6.20. The topological polar surface area (TPSA) is 135 Å². The van der Waals surface area contributed by atoms with Gasteiger partial charge in [-0.3, -0.25) is 19.2 Å². The summed E-state index contributed by atoms with van der Waals surface area (Å²) in [5.41, 5.74) is 2.73. The normalized spacial score (nSPS) is 27.5. The minimum atomic E-state index is -1.22. The Kier molecular flexibility index (Phi) is 9.82. The SMILES string of the molecule is CC(=O)OCC1OC(c2cccc(C=C3CCC(O)CC3)c2)[C@H](OC(C)=O)[C@@H](OC(C)=O)[C@@H]1OC(C)=O. The molecule has 10 nitrogen and oxygen atoms in total. The number of carbonyl (C=O) groups excluding carboxylic acids is 4. The molecule has 0 spiro atoms. The van der Waals surface area contributed by atoms with Crippen molar-refractivity contribution in [2.75, 3.05) is 6.61 Å². The van der Waals surface area contributed by atoms with Gasteiger partial charge in [0.1, 0.15) is 18.8 Å². The molecule has 0 bridgehead atoms. The molecule has 0 radical (unpaired) electrons. The summed E-state index contributed by atoms with van der Waals surface area (Å²) in [5.74, 6) is -2.57. The molecule has 1 aliphatic heterocycles. The van der Waals surface area contributed by atoms with Crippen LogP contribution in [0.5, 0.6) is 0 Å². The van der Waals surface area contributed by atoms with Gasteiger partial charge in [0.05, 0.1) is 6.10 Å². The number of hydrogen-bond acceptors (Lipinski definition) is 10. The molecule has 0 amide bonds. The Morgan fingerprint density at radius 3 is 2.08 bits per heavy atom. The quantitative estimate of drug-likeness (QED) is 0.424. The monoisotopic (exact) mass is 518 g/mol. The van der Waals surface area contributed by atoms with E-state index in [9.17, 15) is 24.3 Å². The van der Waals surface area contributed by atoms with Gasteiger partial charge in [0.15, 0.2) is 18.3 Å². The summed E-state index contributed by atoms with van der Waals surface area (Å²) in [6, 6.07) is 7.41. The first-order valence-corrected chi connectivity index (χ1v) is 12.3. The first-order valence-electron chi connectivity index (χ1n) is 12.3. The van der Waals surface area contributed by atoms with Crippen molar-refractivity contribution < 1.29 is 48.0 Å². The Labute approximate surface area is 215 Å². The van der Waals surface area contributed by atoms with Crippen LogP contribution in [0.3, 0.4) is 0 Å². The summed E-state index contributed by atoms with van der Waals surface area (Å²) >= 11 is 0. The van der Waals surface area contributed by atoms with Gasteiger partial charge in [-0.05, 0) is 42.9 Å². The summed E-state index contributed by atoms with van der Waals surface area (Å²) < 4.78 is 27.9. The maximum Gasteiger partial charge on any atom is 0.303 e. The minimum absolute atomic E-state index is 0.277. The fourth-order valence-electron chi connectivity index (χ4n) is 4.68. The number of ether oxygens (including phenoxy) is 5. The molecule has 2 aliphatic rings. The molecule has 1 N–H and O–H groups in total. The Morgan fingerprint density at radius 1 is 0.892 bits per heavy atom. The highest BCUT2D eigenvalue weighted by atomic mass is 16.7. The number of esters is 4. The number of allylic oxidation sites excluding steroid dienone is 1. The molecule has 1 aromatic carbocycles. The van der Waals surface area contributed by atoms with Crippen molar-refractivity contribution in [3.8, 4) is 0 Å². The zero-order chi connectivity index (χ0) is 27.1. The molecule has 0 aromatic heterocycles. The molecule has 2 unspecified atom stereocenters. The molecule has 202 valence electrons. The Hall–Kier alpha value is -3.24. The van der Waals surface area contributed by atoms with E-state index in [0.717, 1.165) is 18.4 Å². The van der Waals surface area contributed by atoms with E-state index in [4.69, 9.17) is 23.7 Å². The van der Waals surface area contributed by atoms with E-state index in [2.05, 4.69) is 6.08 Å². The lowest BCUT2D eigenvalue weighted by Gasteiger charge is -2.44. The van der Waals surface area contributed by atoms with Crippen LogP contribution in [-0.2, 0) is 42.9 Å². The first-order chi connectivity index (χ1) is 17.5. The van der Waals surface area contributed by atoms with Crippen LogP contribution in [0.2, 0.25) is 0 Å². The maximum absolute atomic E-state index is 12.1. The lowest BCUT2D eigenvalue weighted by Crippen LogP contribution is -2.59. The lowest BCUT2D eigenvalue weighted by atomic mass is 9.88. The summed E-state index contributed by atoms with van der Waals surface area (Å²) in [4.78, 5) is 47.5. The zero-order valence-corrected chi connectivity index (χ0v) is 21.5. The van der Waals surface area contributed by atoms with Crippen molar-refractivity contribution in [3.63, 3.8) is 0 Å². The molecule has 2 fully saturated rings. The highest BCUT2D eigenvalue weighted by molar-refractivity contribution is 5.69. The second-order valence-corrected chi connectivity index (χ2v) is 9.32. The van der Waals surface area contributed by atoms with Crippen molar-refractivity contribution in [2.24, 2.45) is 0 Å². The fraction of sp³-hybridized carbons (Fsp3) is 0.556. The van der Waals surface area contributed by atoms with Gasteiger partial charge >= 0.3 is 23.9 Å². The van der Waals surface area contributed by atoms with E-state index in [1.165, 1.54) is 33.3 Å². The van der Waals surface area contributed by atoms with Crippen molar-refractivity contribution in [2.45, 2.75) is 90.0 Å². The molecule has 3 rings (SSSR count). The highest BCUT2D eigenvalue weighted by Gasteiger charge is 2.52. The third-order valence-corrected chi connectivity index (χ3v) is 6.20. The second-order valence-electron chi connectivity index (χ2n) is 9.32. The Bertz CT molecular complexity index is 1020. The summed E-state index contributed by atoms with van der Waals surface area (Å²) in [6.07, 6.45) is -0.686. The number of carbonyl (C=O) groups is 4. The molecule has 1 saturated heterocycles. The molecular formula is C27H34O10. The molecule has 1 heterocycles. The van der Waals surface area contributed by atoms with Crippen LogP contribution < -0.4 is 0 Å². The Balaban J connectivity index is 2.01. The molecule has 1 aliphatic carbocycles. The molecule has 1 saturated carbocycles. The standard InChI is InChI=1S/C27H34O10/c1-15(28)33-14-23-25(34-16(2)29)27(36-18(4)31)26(35-17(3)30)24(37-23)21-7-5-6-20(13-21)12-19-8-10-22(32)11-9-19/h5-7,12-13,22-27,32H,8-11,14H2,1-4H3/t22?,23?,24?,25-,26+,27+/m1/s1. The van der Waals surface area contributed by atoms with Gasteiger partial charge in [-0.15, -0.1) is 0 Å². The third kappa shape index (κ3) is 8.13. The molecule has 1 aromatic rings. The Morgan fingerprint density at radius 2 is 1.49 bits per heavy atom. The summed E-state index contributed by atoms with van der Waals surface area (Å²) in [7, 11) is 0. The van der Waals surface area contributed by atoms with E-state index in [1.54, 1.807) is 6.07 Å². The predicted molar refractivity (Wildman–Crippen MR) is 130 cm³/mol. The van der Waals surface area contributed by atoms with Crippen LogP contribution in [0.4, 0.5) is 0 Å². The van der Waals surface area contributed by atoms with E-state index in [0.29, 0.717) is 18.4 Å². The average Bonchev–Trinajstić information content (AvgIpc) is 2.81. The minimum Gasteiger partial charge on any atom is -0.463 e. The van der Waals surface area contributed by atoms with Crippen LogP contribution in [0.15, 0.2) is 29.8 Å². The summed E-state index contributed by atoms with van der Waals surface area (Å²) in [6.45, 7) is 4.54. The smallest absolute Gasteiger partial charge is 0.303 e. The van der Waals surface area contributed by atoms with E-state index in [-0.39, 0.29) is 12.7 Å². The number of hydrogen-bond donors (Lipinski definition) is 1. The average molecular weight is 519 g/mol. The van der Waals surface area contributed by atoms with Gasteiger partial charge in [0, 0.05) is 27.7 Å². The van der Waals surface area contributed by atoms with Gasteiger partial charge in [-0.1, -0.05) is 29.8 Å². The van der Waals surface area contributed by atoms with Crippen LogP contribution in [0.1, 0.15) is 70.6 Å². The maximum atomic E-state index is 12.1. The van der Waals surface area contributed by atoms with E-state index >= 15 is 0 Å². The second kappa shape index (κ2) is 12.8.